The van der Waals surface area contributed by atoms with Gasteiger partial charge in [0.2, 0.25) is 0 Å². The molecule has 17 heavy (non-hydrogen) atoms. The summed E-state index contributed by atoms with van der Waals surface area (Å²) in [6.45, 7) is 12.6. The molecule has 0 aromatic heterocycles. The third kappa shape index (κ3) is 4.94. The highest BCUT2D eigenvalue weighted by Crippen LogP contribution is 2.22. The average molecular weight is 241 g/mol. The summed E-state index contributed by atoms with van der Waals surface area (Å²) in [7, 11) is 2.25. The molecule has 0 radical (unpaired) electrons. The van der Waals surface area contributed by atoms with E-state index in [1.807, 2.05) is 0 Å². The maximum atomic E-state index is 5.67. The molecule has 1 rings (SSSR count). The molecule has 1 atom stereocenters. The predicted octanol–water partition coefficient (Wildman–Crippen LogP) is 1.78. The molecule has 0 aromatic carbocycles. The SMILES string of the molecule is CCN1CCCC1CN(C)CC(C)(C)CCN. The molecule has 1 fully saturated rings. The van der Waals surface area contributed by atoms with Crippen molar-refractivity contribution in [3.8, 4) is 0 Å². The Morgan fingerprint density at radius 3 is 2.71 bits per heavy atom. The maximum Gasteiger partial charge on any atom is 0.0223 e. The van der Waals surface area contributed by atoms with E-state index in [2.05, 4.69) is 37.6 Å². The van der Waals surface area contributed by atoms with Crippen molar-refractivity contribution < 1.29 is 0 Å². The van der Waals surface area contributed by atoms with Crippen LogP contribution in [0.5, 0.6) is 0 Å². The second kappa shape index (κ2) is 6.72. The van der Waals surface area contributed by atoms with Crippen LogP contribution >= 0.6 is 0 Å². The molecule has 0 amide bonds. The first-order valence-corrected chi connectivity index (χ1v) is 7.11. The molecule has 1 aliphatic rings. The Kier molecular flexibility index (Phi) is 5.90. The van der Waals surface area contributed by atoms with E-state index in [4.69, 9.17) is 5.73 Å². The van der Waals surface area contributed by atoms with Crippen LogP contribution in [0.1, 0.15) is 40.0 Å². The minimum Gasteiger partial charge on any atom is -0.330 e. The van der Waals surface area contributed by atoms with Crippen molar-refractivity contribution in [2.24, 2.45) is 11.1 Å². The highest BCUT2D eigenvalue weighted by Gasteiger charge is 2.26. The number of likely N-dealkylation sites (tertiary alicyclic amines) is 1. The summed E-state index contributed by atoms with van der Waals surface area (Å²) in [5.74, 6) is 0. The molecule has 1 unspecified atom stereocenters. The summed E-state index contributed by atoms with van der Waals surface area (Å²) >= 11 is 0. The van der Waals surface area contributed by atoms with E-state index in [1.165, 1.54) is 32.5 Å². The molecule has 1 heterocycles. The van der Waals surface area contributed by atoms with Crippen molar-refractivity contribution in [3.63, 3.8) is 0 Å². The second-order valence-electron chi connectivity index (χ2n) is 6.32. The molecule has 0 saturated carbocycles. The Labute approximate surface area is 107 Å². The van der Waals surface area contributed by atoms with Gasteiger partial charge in [0.25, 0.3) is 0 Å². The van der Waals surface area contributed by atoms with Crippen LogP contribution in [-0.4, -0.2) is 55.6 Å². The van der Waals surface area contributed by atoms with Crippen LogP contribution in [0.3, 0.4) is 0 Å². The van der Waals surface area contributed by atoms with Crippen molar-refractivity contribution in [1.29, 1.82) is 0 Å². The maximum absolute atomic E-state index is 5.67. The monoisotopic (exact) mass is 241 g/mol. The normalized spacial score (nSPS) is 22.6. The number of hydrogen-bond acceptors (Lipinski definition) is 3. The van der Waals surface area contributed by atoms with Gasteiger partial charge in [-0.05, 0) is 51.4 Å². The van der Waals surface area contributed by atoms with Crippen molar-refractivity contribution in [2.45, 2.75) is 46.1 Å². The van der Waals surface area contributed by atoms with E-state index in [1.54, 1.807) is 0 Å². The van der Waals surface area contributed by atoms with Crippen LogP contribution in [0.25, 0.3) is 0 Å². The number of nitrogens with zero attached hydrogens (tertiary/aromatic N) is 2. The van der Waals surface area contributed by atoms with Crippen molar-refractivity contribution in [1.82, 2.24) is 9.80 Å². The van der Waals surface area contributed by atoms with Crippen LogP contribution in [-0.2, 0) is 0 Å². The molecule has 0 aliphatic carbocycles. The zero-order valence-corrected chi connectivity index (χ0v) is 12.2. The molecule has 1 saturated heterocycles. The lowest BCUT2D eigenvalue weighted by Gasteiger charge is -2.33. The molecule has 1 aliphatic heterocycles. The van der Waals surface area contributed by atoms with E-state index in [-0.39, 0.29) is 0 Å². The van der Waals surface area contributed by atoms with E-state index in [0.29, 0.717) is 5.41 Å². The fourth-order valence-electron chi connectivity index (χ4n) is 3.14. The molecule has 102 valence electrons. The molecular formula is C14H31N3. The average Bonchev–Trinajstić information content (AvgIpc) is 2.63. The Morgan fingerprint density at radius 2 is 2.12 bits per heavy atom. The first kappa shape index (κ1) is 14.9. The molecule has 3 nitrogen and oxygen atoms in total. The van der Waals surface area contributed by atoms with Gasteiger partial charge in [0, 0.05) is 19.1 Å². The topological polar surface area (TPSA) is 32.5 Å². The molecule has 0 spiro atoms. The third-order valence-corrected chi connectivity index (χ3v) is 3.95. The predicted molar refractivity (Wildman–Crippen MR) is 75.2 cm³/mol. The summed E-state index contributed by atoms with van der Waals surface area (Å²) in [5.41, 5.74) is 6.02. The Bertz CT molecular complexity index is 216. The van der Waals surface area contributed by atoms with E-state index < -0.39 is 0 Å². The number of likely N-dealkylation sites (N-methyl/N-ethyl adjacent to an activating group) is 2. The Morgan fingerprint density at radius 1 is 1.41 bits per heavy atom. The standard InChI is InChI=1S/C14H31N3/c1-5-17-10-6-7-13(17)11-16(4)12-14(2,3)8-9-15/h13H,5-12,15H2,1-4H3. The third-order valence-electron chi connectivity index (χ3n) is 3.95. The molecule has 3 heteroatoms. The van der Waals surface area contributed by atoms with Crippen LogP contribution < -0.4 is 5.73 Å². The summed E-state index contributed by atoms with van der Waals surface area (Å²) in [6.07, 6.45) is 3.85. The molecular weight excluding hydrogens is 210 g/mol. The Hall–Kier alpha value is -0.120. The minimum atomic E-state index is 0.346. The van der Waals surface area contributed by atoms with Gasteiger partial charge in [0.1, 0.15) is 0 Å². The van der Waals surface area contributed by atoms with Gasteiger partial charge in [-0.3, -0.25) is 4.90 Å². The summed E-state index contributed by atoms with van der Waals surface area (Å²) < 4.78 is 0. The summed E-state index contributed by atoms with van der Waals surface area (Å²) in [5, 5.41) is 0. The number of nitrogens with two attached hydrogens (primary N) is 1. The van der Waals surface area contributed by atoms with E-state index >= 15 is 0 Å². The lowest BCUT2D eigenvalue weighted by Crippen LogP contribution is -2.42. The van der Waals surface area contributed by atoms with Crippen LogP contribution in [0.15, 0.2) is 0 Å². The summed E-state index contributed by atoms with van der Waals surface area (Å²) in [6, 6.07) is 0.777. The first-order valence-electron chi connectivity index (χ1n) is 7.11. The molecule has 0 aromatic rings. The van der Waals surface area contributed by atoms with Gasteiger partial charge in [-0.1, -0.05) is 20.8 Å². The zero-order chi connectivity index (χ0) is 12.9. The molecule has 2 N–H and O–H groups in total. The van der Waals surface area contributed by atoms with E-state index in [9.17, 15) is 0 Å². The van der Waals surface area contributed by atoms with Gasteiger partial charge in [-0.15, -0.1) is 0 Å². The highest BCUT2D eigenvalue weighted by atomic mass is 15.2. The highest BCUT2D eigenvalue weighted by molar-refractivity contribution is 4.82. The second-order valence-corrected chi connectivity index (χ2v) is 6.32. The van der Waals surface area contributed by atoms with Gasteiger partial charge in [0.15, 0.2) is 0 Å². The largest absolute Gasteiger partial charge is 0.330 e. The quantitative estimate of drug-likeness (QED) is 0.737. The minimum absolute atomic E-state index is 0.346. The summed E-state index contributed by atoms with van der Waals surface area (Å²) in [4.78, 5) is 5.11. The smallest absolute Gasteiger partial charge is 0.0223 e. The lowest BCUT2D eigenvalue weighted by molar-refractivity contribution is 0.152. The number of rotatable bonds is 7. The van der Waals surface area contributed by atoms with Gasteiger partial charge in [-0.2, -0.15) is 0 Å². The van der Waals surface area contributed by atoms with E-state index in [0.717, 1.165) is 25.6 Å². The lowest BCUT2D eigenvalue weighted by atomic mass is 9.89. The number of hydrogen-bond donors (Lipinski definition) is 1. The fourth-order valence-corrected chi connectivity index (χ4v) is 3.14. The van der Waals surface area contributed by atoms with Crippen LogP contribution in [0.2, 0.25) is 0 Å². The van der Waals surface area contributed by atoms with Gasteiger partial charge in [-0.25, -0.2) is 0 Å². The van der Waals surface area contributed by atoms with Gasteiger partial charge >= 0.3 is 0 Å². The first-order chi connectivity index (χ1) is 7.98. The fraction of sp³-hybridized carbons (Fsp3) is 1.00. The van der Waals surface area contributed by atoms with Crippen molar-refractivity contribution in [2.75, 3.05) is 39.8 Å². The van der Waals surface area contributed by atoms with Gasteiger partial charge in [0.05, 0.1) is 0 Å². The van der Waals surface area contributed by atoms with Crippen LogP contribution in [0.4, 0.5) is 0 Å². The van der Waals surface area contributed by atoms with Crippen LogP contribution in [0, 0.1) is 5.41 Å². The van der Waals surface area contributed by atoms with Crippen molar-refractivity contribution in [3.05, 3.63) is 0 Å². The zero-order valence-electron chi connectivity index (χ0n) is 12.2. The van der Waals surface area contributed by atoms with Crippen molar-refractivity contribution >= 4 is 0 Å². The Balaban J connectivity index is 2.35. The molecule has 0 bridgehead atoms. The van der Waals surface area contributed by atoms with Gasteiger partial charge < -0.3 is 10.6 Å².